The molecule has 1 N–H and O–H groups in total. The molecule has 2 aliphatic carbocycles. The van der Waals surface area contributed by atoms with Crippen LogP contribution in [0.15, 0.2) is 24.5 Å². The van der Waals surface area contributed by atoms with Crippen LogP contribution in [-0.2, 0) is 9.59 Å². The van der Waals surface area contributed by atoms with Crippen LogP contribution in [0.5, 0.6) is 0 Å². The van der Waals surface area contributed by atoms with E-state index in [1.807, 2.05) is 17.0 Å². The third kappa shape index (κ3) is 2.60. The normalized spacial score (nSPS) is 29.6. The summed E-state index contributed by atoms with van der Waals surface area (Å²) in [5.41, 5.74) is 0.792. The second-order valence-electron chi connectivity index (χ2n) is 7.06. The second kappa shape index (κ2) is 5.07. The highest BCUT2D eigenvalue weighted by atomic mass is 16.2. The first kappa shape index (κ1) is 13.7. The smallest absolute Gasteiger partial charge is 0.228 e. The zero-order chi connectivity index (χ0) is 15.2. The quantitative estimate of drug-likeness (QED) is 0.925. The largest absolute Gasteiger partial charge is 0.342 e. The van der Waals surface area contributed by atoms with E-state index >= 15 is 0 Å². The fraction of sp³-hybridized carbons (Fsp3) is 0.588. The lowest BCUT2D eigenvalue weighted by Crippen LogP contribution is -2.30. The number of nitrogens with one attached hydrogen (secondary N) is 1. The minimum absolute atomic E-state index is 0.0471. The molecular formula is C17H21N3O2. The molecule has 3 fully saturated rings. The Morgan fingerprint density at radius 1 is 1.41 bits per heavy atom. The lowest BCUT2D eigenvalue weighted by molar-refractivity contribution is -0.131. The average molecular weight is 299 g/mol. The zero-order valence-electron chi connectivity index (χ0n) is 12.6. The van der Waals surface area contributed by atoms with E-state index < -0.39 is 0 Å². The molecular weight excluding hydrogens is 278 g/mol. The standard InChI is InChI=1S/C17H21N3O2/c21-15(8-12-3-4-12)20-7-5-17(11-20)9-14(17)16(22)19-13-2-1-6-18-10-13/h1-2,6,10,12,14H,3-5,7-9,11H2,(H,19,22)/t14-,17+/m0/s1. The molecule has 22 heavy (non-hydrogen) atoms. The molecule has 1 spiro atoms. The summed E-state index contributed by atoms with van der Waals surface area (Å²) in [6.07, 6.45) is 8.35. The molecule has 5 nitrogen and oxygen atoms in total. The van der Waals surface area contributed by atoms with E-state index in [1.165, 1.54) is 12.8 Å². The molecule has 3 aliphatic rings. The molecule has 2 atom stereocenters. The van der Waals surface area contributed by atoms with Crippen LogP contribution < -0.4 is 5.32 Å². The highest BCUT2D eigenvalue weighted by Crippen LogP contribution is 2.59. The van der Waals surface area contributed by atoms with Gasteiger partial charge in [-0.2, -0.15) is 0 Å². The Balaban J connectivity index is 1.33. The predicted octanol–water partition coefficient (Wildman–Crippen LogP) is 2.06. The number of hydrogen-bond donors (Lipinski definition) is 1. The van der Waals surface area contributed by atoms with E-state index in [0.717, 1.165) is 31.6 Å². The van der Waals surface area contributed by atoms with E-state index in [-0.39, 0.29) is 23.1 Å². The Labute approximate surface area is 130 Å². The van der Waals surface area contributed by atoms with Crippen molar-refractivity contribution in [1.82, 2.24) is 9.88 Å². The number of carbonyl (C=O) groups is 2. The number of nitrogens with zero attached hydrogens (tertiary/aromatic N) is 2. The third-order valence-electron chi connectivity index (χ3n) is 5.33. The molecule has 1 saturated heterocycles. The zero-order valence-corrected chi connectivity index (χ0v) is 12.6. The van der Waals surface area contributed by atoms with Gasteiger partial charge in [-0.25, -0.2) is 0 Å². The van der Waals surface area contributed by atoms with Crippen LogP contribution in [-0.4, -0.2) is 34.8 Å². The van der Waals surface area contributed by atoms with Crippen LogP contribution >= 0.6 is 0 Å². The monoisotopic (exact) mass is 299 g/mol. The lowest BCUT2D eigenvalue weighted by Gasteiger charge is -2.16. The first-order chi connectivity index (χ1) is 10.7. The van der Waals surface area contributed by atoms with E-state index in [0.29, 0.717) is 12.3 Å². The minimum atomic E-state index is 0.0471. The number of carbonyl (C=O) groups excluding carboxylic acids is 2. The summed E-state index contributed by atoms with van der Waals surface area (Å²) in [5.74, 6) is 1.04. The van der Waals surface area contributed by atoms with E-state index in [1.54, 1.807) is 12.4 Å². The fourth-order valence-electron chi connectivity index (χ4n) is 3.64. The first-order valence-corrected chi connectivity index (χ1v) is 8.15. The summed E-state index contributed by atoms with van der Waals surface area (Å²) in [7, 11) is 0. The van der Waals surface area contributed by atoms with Crippen molar-refractivity contribution in [1.29, 1.82) is 0 Å². The number of likely N-dealkylation sites (tertiary alicyclic amines) is 1. The summed E-state index contributed by atoms with van der Waals surface area (Å²) < 4.78 is 0. The molecule has 2 saturated carbocycles. The molecule has 0 unspecified atom stereocenters. The van der Waals surface area contributed by atoms with Crippen molar-refractivity contribution in [2.75, 3.05) is 18.4 Å². The molecule has 1 aromatic heterocycles. The molecule has 4 rings (SSSR count). The number of pyridine rings is 1. The highest BCUT2D eigenvalue weighted by Gasteiger charge is 2.61. The second-order valence-corrected chi connectivity index (χ2v) is 7.06. The van der Waals surface area contributed by atoms with Gasteiger partial charge in [-0.3, -0.25) is 14.6 Å². The molecule has 2 amide bonds. The van der Waals surface area contributed by atoms with Gasteiger partial charge in [-0.05, 0) is 43.7 Å². The van der Waals surface area contributed by atoms with Crippen molar-refractivity contribution in [3.05, 3.63) is 24.5 Å². The van der Waals surface area contributed by atoms with Gasteiger partial charge in [0.2, 0.25) is 11.8 Å². The first-order valence-electron chi connectivity index (χ1n) is 8.15. The van der Waals surface area contributed by atoms with E-state index in [9.17, 15) is 9.59 Å². The van der Waals surface area contributed by atoms with Gasteiger partial charge in [0.1, 0.15) is 0 Å². The van der Waals surface area contributed by atoms with Crippen molar-refractivity contribution in [2.45, 2.75) is 32.1 Å². The Morgan fingerprint density at radius 3 is 3.00 bits per heavy atom. The number of aromatic nitrogens is 1. The number of rotatable bonds is 4. The van der Waals surface area contributed by atoms with E-state index in [4.69, 9.17) is 0 Å². The van der Waals surface area contributed by atoms with Crippen LogP contribution in [0.3, 0.4) is 0 Å². The highest BCUT2D eigenvalue weighted by molar-refractivity contribution is 5.95. The maximum atomic E-state index is 12.4. The van der Waals surface area contributed by atoms with Crippen molar-refractivity contribution >= 4 is 17.5 Å². The van der Waals surface area contributed by atoms with Gasteiger partial charge in [-0.15, -0.1) is 0 Å². The Kier molecular flexibility index (Phi) is 3.17. The van der Waals surface area contributed by atoms with Crippen molar-refractivity contribution in [3.8, 4) is 0 Å². The van der Waals surface area contributed by atoms with Gasteiger partial charge >= 0.3 is 0 Å². The summed E-state index contributed by atoms with van der Waals surface area (Å²) in [5, 5.41) is 2.94. The number of hydrogen-bond acceptors (Lipinski definition) is 3. The minimum Gasteiger partial charge on any atom is -0.342 e. The van der Waals surface area contributed by atoms with Crippen LogP contribution in [0.2, 0.25) is 0 Å². The maximum absolute atomic E-state index is 12.4. The number of amides is 2. The fourth-order valence-corrected chi connectivity index (χ4v) is 3.64. The maximum Gasteiger partial charge on any atom is 0.228 e. The summed E-state index contributed by atoms with van der Waals surface area (Å²) in [4.78, 5) is 30.5. The van der Waals surface area contributed by atoms with Gasteiger partial charge in [0.05, 0.1) is 11.9 Å². The van der Waals surface area contributed by atoms with Gasteiger partial charge < -0.3 is 10.2 Å². The van der Waals surface area contributed by atoms with Crippen LogP contribution in [0.4, 0.5) is 5.69 Å². The molecule has 1 aromatic rings. The molecule has 1 aliphatic heterocycles. The third-order valence-corrected chi connectivity index (χ3v) is 5.33. The lowest BCUT2D eigenvalue weighted by atomic mass is 10.0. The van der Waals surface area contributed by atoms with Gasteiger partial charge in [0.15, 0.2) is 0 Å². The topological polar surface area (TPSA) is 62.3 Å². The predicted molar refractivity (Wildman–Crippen MR) is 81.9 cm³/mol. The van der Waals surface area contributed by atoms with Crippen LogP contribution in [0.1, 0.15) is 32.1 Å². The van der Waals surface area contributed by atoms with Crippen molar-refractivity contribution < 1.29 is 9.59 Å². The molecule has 0 radical (unpaired) electrons. The number of anilines is 1. The van der Waals surface area contributed by atoms with Gasteiger partial charge in [-0.1, -0.05) is 0 Å². The average Bonchev–Trinajstić information content (AvgIpc) is 3.39. The summed E-state index contributed by atoms with van der Waals surface area (Å²) >= 11 is 0. The van der Waals surface area contributed by atoms with Gasteiger partial charge in [0.25, 0.3) is 0 Å². The van der Waals surface area contributed by atoms with Crippen LogP contribution in [0.25, 0.3) is 0 Å². The van der Waals surface area contributed by atoms with Gasteiger partial charge in [0, 0.05) is 37.0 Å². The molecule has 116 valence electrons. The van der Waals surface area contributed by atoms with Crippen molar-refractivity contribution in [2.24, 2.45) is 17.3 Å². The molecule has 0 aromatic carbocycles. The summed E-state index contributed by atoms with van der Waals surface area (Å²) in [6.45, 7) is 1.59. The Bertz CT molecular complexity index is 599. The summed E-state index contributed by atoms with van der Waals surface area (Å²) in [6, 6.07) is 3.66. The van der Waals surface area contributed by atoms with E-state index in [2.05, 4.69) is 10.3 Å². The van der Waals surface area contributed by atoms with Crippen LogP contribution in [0, 0.1) is 17.3 Å². The molecule has 0 bridgehead atoms. The molecule has 5 heteroatoms. The Morgan fingerprint density at radius 2 is 2.27 bits per heavy atom. The van der Waals surface area contributed by atoms with Crippen molar-refractivity contribution in [3.63, 3.8) is 0 Å². The SMILES string of the molecule is O=C(Nc1cccnc1)[C@@H]1C[C@@]12CCN(C(=O)CC1CC1)C2. The Hall–Kier alpha value is -1.91. The molecule has 2 heterocycles.